The monoisotopic (exact) mass is 249 g/mol. The molecule has 5 nitrogen and oxygen atoms in total. The fraction of sp³-hybridized carbons (Fsp3) is 0.615. The Bertz CT molecular complexity index is 448. The molecule has 2 rings (SSSR count). The van der Waals surface area contributed by atoms with Gasteiger partial charge >= 0.3 is 5.97 Å². The highest BCUT2D eigenvalue weighted by atomic mass is 16.5. The molecule has 1 aliphatic rings. The number of anilines is 1. The molecule has 0 radical (unpaired) electrons. The molecule has 0 amide bonds. The average molecular weight is 249 g/mol. The third kappa shape index (κ3) is 2.97. The van der Waals surface area contributed by atoms with Crippen LogP contribution in [0.25, 0.3) is 0 Å². The number of carbonyl (C=O) groups excluding carboxylic acids is 1. The van der Waals surface area contributed by atoms with Gasteiger partial charge in [0.25, 0.3) is 0 Å². The van der Waals surface area contributed by atoms with Crippen molar-refractivity contribution in [3.8, 4) is 0 Å². The number of rotatable bonds is 3. The number of ether oxygens (including phenoxy) is 1. The Morgan fingerprint density at radius 3 is 2.83 bits per heavy atom. The minimum absolute atomic E-state index is 0.117. The molecule has 1 fully saturated rings. The van der Waals surface area contributed by atoms with E-state index >= 15 is 0 Å². The summed E-state index contributed by atoms with van der Waals surface area (Å²) in [5.74, 6) is 1.08. The molecule has 1 heterocycles. The first-order valence-corrected chi connectivity index (χ1v) is 6.29. The molecule has 0 bridgehead atoms. The summed E-state index contributed by atoms with van der Waals surface area (Å²) in [5, 5.41) is 3.37. The first kappa shape index (κ1) is 12.8. The molecule has 0 aromatic carbocycles. The predicted molar refractivity (Wildman–Crippen MR) is 68.5 cm³/mol. The highest BCUT2D eigenvalue weighted by molar-refractivity contribution is 5.85. The number of hydrogen-bond donors (Lipinski definition) is 1. The van der Waals surface area contributed by atoms with Crippen molar-refractivity contribution in [2.45, 2.75) is 39.2 Å². The topological polar surface area (TPSA) is 64.1 Å². The smallest absolute Gasteiger partial charge is 0.376 e. The van der Waals surface area contributed by atoms with E-state index in [-0.39, 0.29) is 5.82 Å². The lowest BCUT2D eigenvalue weighted by molar-refractivity contribution is 0.0586. The second-order valence-electron chi connectivity index (χ2n) is 4.97. The standard InChI is InChI=1S/C13H19N3O2/c1-8-4-5-10(6-8)15-11-7-9(2)14-12(16-11)13(17)18-3/h7-8,10H,4-6H2,1-3H3,(H,14,15,16). The number of aryl methyl sites for hydroxylation is 1. The van der Waals surface area contributed by atoms with E-state index in [4.69, 9.17) is 0 Å². The van der Waals surface area contributed by atoms with E-state index < -0.39 is 5.97 Å². The van der Waals surface area contributed by atoms with Gasteiger partial charge in [0.1, 0.15) is 5.82 Å². The minimum atomic E-state index is -0.499. The number of esters is 1. The minimum Gasteiger partial charge on any atom is -0.463 e. The van der Waals surface area contributed by atoms with E-state index in [0.29, 0.717) is 11.9 Å². The summed E-state index contributed by atoms with van der Waals surface area (Å²) in [6.45, 7) is 4.10. The van der Waals surface area contributed by atoms with Gasteiger partial charge in [0.05, 0.1) is 7.11 Å². The molecule has 1 saturated carbocycles. The molecule has 1 N–H and O–H groups in total. The van der Waals surface area contributed by atoms with Crippen LogP contribution in [0.3, 0.4) is 0 Å². The zero-order valence-electron chi connectivity index (χ0n) is 11.1. The number of carbonyl (C=O) groups is 1. The van der Waals surface area contributed by atoms with E-state index in [9.17, 15) is 4.79 Å². The number of methoxy groups -OCH3 is 1. The third-order valence-electron chi connectivity index (χ3n) is 3.27. The van der Waals surface area contributed by atoms with Crippen molar-refractivity contribution < 1.29 is 9.53 Å². The van der Waals surface area contributed by atoms with Crippen LogP contribution in [0.5, 0.6) is 0 Å². The van der Waals surface area contributed by atoms with Crippen LogP contribution in [0.15, 0.2) is 6.07 Å². The molecule has 18 heavy (non-hydrogen) atoms. The third-order valence-corrected chi connectivity index (χ3v) is 3.27. The molecule has 0 spiro atoms. The van der Waals surface area contributed by atoms with Gasteiger partial charge in [-0.15, -0.1) is 0 Å². The van der Waals surface area contributed by atoms with Crippen LogP contribution in [0.2, 0.25) is 0 Å². The maximum absolute atomic E-state index is 11.4. The molecule has 98 valence electrons. The molecule has 5 heteroatoms. The molecular formula is C13H19N3O2. The summed E-state index contributed by atoms with van der Waals surface area (Å²) >= 11 is 0. The van der Waals surface area contributed by atoms with E-state index in [0.717, 1.165) is 24.5 Å². The Kier molecular flexibility index (Phi) is 3.79. The van der Waals surface area contributed by atoms with Crippen LogP contribution in [0.4, 0.5) is 5.82 Å². The van der Waals surface area contributed by atoms with Gasteiger partial charge in [-0.3, -0.25) is 0 Å². The number of nitrogens with zero attached hydrogens (tertiary/aromatic N) is 2. The Hall–Kier alpha value is -1.65. The summed E-state index contributed by atoms with van der Waals surface area (Å²) in [4.78, 5) is 19.7. The van der Waals surface area contributed by atoms with Gasteiger partial charge in [0.2, 0.25) is 5.82 Å². The van der Waals surface area contributed by atoms with Gasteiger partial charge in [-0.1, -0.05) is 6.92 Å². The Morgan fingerprint density at radius 2 is 2.22 bits per heavy atom. The maximum Gasteiger partial charge on any atom is 0.376 e. The van der Waals surface area contributed by atoms with E-state index in [1.807, 2.05) is 13.0 Å². The van der Waals surface area contributed by atoms with Gasteiger partial charge in [0.15, 0.2) is 0 Å². The van der Waals surface area contributed by atoms with Gasteiger partial charge in [-0.05, 0) is 32.1 Å². The lowest BCUT2D eigenvalue weighted by atomic mass is 10.1. The maximum atomic E-state index is 11.4. The quantitative estimate of drug-likeness (QED) is 0.832. The van der Waals surface area contributed by atoms with Crippen LogP contribution in [0.1, 0.15) is 42.5 Å². The highest BCUT2D eigenvalue weighted by Crippen LogP contribution is 2.27. The Labute approximate surface area is 107 Å². The van der Waals surface area contributed by atoms with Gasteiger partial charge in [-0.25, -0.2) is 14.8 Å². The van der Waals surface area contributed by atoms with Crippen molar-refractivity contribution in [2.24, 2.45) is 5.92 Å². The first-order valence-electron chi connectivity index (χ1n) is 6.29. The van der Waals surface area contributed by atoms with Crippen molar-refractivity contribution in [2.75, 3.05) is 12.4 Å². The summed E-state index contributed by atoms with van der Waals surface area (Å²) < 4.78 is 4.64. The summed E-state index contributed by atoms with van der Waals surface area (Å²) in [6.07, 6.45) is 3.54. The van der Waals surface area contributed by atoms with Crippen LogP contribution < -0.4 is 5.32 Å². The zero-order valence-corrected chi connectivity index (χ0v) is 11.1. The predicted octanol–water partition coefficient (Wildman–Crippen LogP) is 2.17. The average Bonchev–Trinajstić information content (AvgIpc) is 2.73. The van der Waals surface area contributed by atoms with Crippen LogP contribution in [-0.4, -0.2) is 29.1 Å². The lowest BCUT2D eigenvalue weighted by Gasteiger charge is -2.13. The SMILES string of the molecule is COC(=O)c1nc(C)cc(NC2CCC(C)C2)n1. The van der Waals surface area contributed by atoms with Gasteiger partial charge in [-0.2, -0.15) is 0 Å². The van der Waals surface area contributed by atoms with E-state index in [1.165, 1.54) is 13.5 Å². The molecule has 1 aliphatic carbocycles. The largest absolute Gasteiger partial charge is 0.463 e. The van der Waals surface area contributed by atoms with E-state index in [2.05, 4.69) is 26.9 Å². The fourth-order valence-electron chi connectivity index (χ4n) is 2.37. The molecule has 2 atom stereocenters. The molecule has 1 aromatic heterocycles. The van der Waals surface area contributed by atoms with E-state index in [1.54, 1.807) is 0 Å². The summed E-state index contributed by atoms with van der Waals surface area (Å²) in [7, 11) is 1.33. The van der Waals surface area contributed by atoms with Crippen molar-refractivity contribution in [3.05, 3.63) is 17.6 Å². The van der Waals surface area contributed by atoms with Crippen molar-refractivity contribution in [1.29, 1.82) is 0 Å². The molecule has 0 aliphatic heterocycles. The summed E-state index contributed by atoms with van der Waals surface area (Å²) in [6, 6.07) is 2.30. The van der Waals surface area contributed by atoms with Crippen LogP contribution in [-0.2, 0) is 4.74 Å². The highest BCUT2D eigenvalue weighted by Gasteiger charge is 2.22. The number of nitrogens with one attached hydrogen (secondary N) is 1. The van der Waals surface area contributed by atoms with Crippen molar-refractivity contribution >= 4 is 11.8 Å². The van der Waals surface area contributed by atoms with Crippen molar-refractivity contribution in [1.82, 2.24) is 9.97 Å². The fourth-order valence-corrected chi connectivity index (χ4v) is 2.37. The number of aromatic nitrogens is 2. The number of hydrogen-bond acceptors (Lipinski definition) is 5. The Morgan fingerprint density at radius 1 is 1.44 bits per heavy atom. The molecule has 0 saturated heterocycles. The molecule has 1 aromatic rings. The zero-order chi connectivity index (χ0) is 13.1. The molecular weight excluding hydrogens is 230 g/mol. The van der Waals surface area contributed by atoms with Gasteiger partial charge < -0.3 is 10.1 Å². The van der Waals surface area contributed by atoms with Crippen LogP contribution >= 0.6 is 0 Å². The molecule has 2 unspecified atom stereocenters. The normalized spacial score (nSPS) is 22.8. The van der Waals surface area contributed by atoms with Crippen molar-refractivity contribution in [3.63, 3.8) is 0 Å². The van der Waals surface area contributed by atoms with Gasteiger partial charge in [0, 0.05) is 17.8 Å². The van der Waals surface area contributed by atoms with Crippen LogP contribution in [0, 0.1) is 12.8 Å². The Balaban J connectivity index is 2.12. The summed E-state index contributed by atoms with van der Waals surface area (Å²) in [5.41, 5.74) is 0.763. The second-order valence-corrected chi connectivity index (χ2v) is 4.97. The lowest BCUT2D eigenvalue weighted by Crippen LogP contribution is -2.18. The first-order chi connectivity index (χ1) is 8.58. The second kappa shape index (κ2) is 5.33.